The van der Waals surface area contributed by atoms with Crippen molar-refractivity contribution >= 4 is 18.0 Å². The zero-order valence-corrected chi connectivity index (χ0v) is 18.0. The number of hydrogen-bond donors (Lipinski definition) is 3. The minimum atomic E-state index is -1.10. The molecule has 2 aliphatic carbocycles. The summed E-state index contributed by atoms with van der Waals surface area (Å²) in [6.45, 7) is 0.554. The maximum Gasteiger partial charge on any atom is 0.407 e. The molecule has 172 valence electrons. The molecule has 2 amide bonds. The minimum Gasteiger partial charge on any atom is -0.480 e. The second-order valence-electron chi connectivity index (χ2n) is 9.04. The number of alkyl carbamates (subject to hydrolysis) is 1. The van der Waals surface area contributed by atoms with Crippen molar-refractivity contribution in [1.82, 2.24) is 10.2 Å². The number of carboxylic acids is 1. The van der Waals surface area contributed by atoms with E-state index in [1.807, 2.05) is 24.3 Å². The lowest BCUT2D eigenvalue weighted by atomic mass is 9.98. The van der Waals surface area contributed by atoms with Gasteiger partial charge in [0.25, 0.3) is 0 Å². The van der Waals surface area contributed by atoms with Crippen LogP contribution < -0.4 is 5.32 Å². The molecule has 33 heavy (non-hydrogen) atoms. The number of likely N-dealkylation sites (tertiary alicyclic amines) is 1. The van der Waals surface area contributed by atoms with E-state index in [2.05, 4.69) is 29.6 Å². The van der Waals surface area contributed by atoms with Gasteiger partial charge in [0.1, 0.15) is 12.6 Å². The van der Waals surface area contributed by atoms with Crippen molar-refractivity contribution < 1.29 is 29.3 Å². The quantitative estimate of drug-likeness (QED) is 0.621. The van der Waals surface area contributed by atoms with Crippen molar-refractivity contribution in [3.8, 4) is 11.1 Å². The van der Waals surface area contributed by atoms with Gasteiger partial charge in [0, 0.05) is 31.3 Å². The van der Waals surface area contributed by atoms with Crippen molar-refractivity contribution in [2.45, 2.75) is 30.9 Å². The van der Waals surface area contributed by atoms with Gasteiger partial charge >= 0.3 is 12.1 Å². The van der Waals surface area contributed by atoms with E-state index >= 15 is 0 Å². The standard InChI is InChI=1S/C25H26N2O6/c28-15-10-22(24(30)31)27(12-15)23(29)20-9-14(20)11-26-25(32)33-13-21-18-7-3-1-5-16(18)17-6-2-4-8-19(17)21/h1-8,14-15,20-22,28H,9-13H2,(H,26,32)(H,30,31)/t14-,15-,20-,22-/m0/s1. The summed E-state index contributed by atoms with van der Waals surface area (Å²) < 4.78 is 5.52. The number of rotatable bonds is 6. The fourth-order valence-electron chi connectivity index (χ4n) is 5.14. The molecule has 1 saturated carbocycles. The monoisotopic (exact) mass is 450 g/mol. The Hall–Kier alpha value is -3.39. The van der Waals surface area contributed by atoms with Gasteiger partial charge in [0.2, 0.25) is 5.91 Å². The molecule has 2 aromatic carbocycles. The highest BCUT2D eigenvalue weighted by molar-refractivity contribution is 5.87. The smallest absolute Gasteiger partial charge is 0.407 e. The van der Waals surface area contributed by atoms with Crippen LogP contribution in [0.25, 0.3) is 11.1 Å². The molecule has 0 spiro atoms. The van der Waals surface area contributed by atoms with Gasteiger partial charge in [-0.25, -0.2) is 9.59 Å². The van der Waals surface area contributed by atoms with Crippen molar-refractivity contribution in [3.63, 3.8) is 0 Å². The minimum absolute atomic E-state index is 0.0204. The normalized spacial score (nSPS) is 25.3. The van der Waals surface area contributed by atoms with Crippen LogP contribution in [0.3, 0.4) is 0 Å². The number of nitrogens with zero attached hydrogens (tertiary/aromatic N) is 1. The third-order valence-electron chi connectivity index (χ3n) is 6.94. The predicted molar refractivity (Wildman–Crippen MR) is 118 cm³/mol. The molecule has 8 nitrogen and oxygen atoms in total. The van der Waals surface area contributed by atoms with Crippen molar-refractivity contribution in [2.75, 3.05) is 19.7 Å². The number of benzene rings is 2. The highest BCUT2D eigenvalue weighted by Gasteiger charge is 2.49. The zero-order valence-electron chi connectivity index (χ0n) is 18.0. The lowest BCUT2D eigenvalue weighted by Crippen LogP contribution is -2.42. The molecule has 0 aromatic heterocycles. The van der Waals surface area contributed by atoms with Gasteiger partial charge in [-0.05, 0) is 34.6 Å². The van der Waals surface area contributed by atoms with E-state index in [4.69, 9.17) is 4.74 Å². The summed E-state index contributed by atoms with van der Waals surface area (Å²) in [6.07, 6.45) is -0.709. The SMILES string of the molecule is O=C(NC[C@@H]1C[C@@H]1C(=O)N1C[C@@H](O)C[C@H]1C(=O)O)OCC1c2ccccc2-c2ccccc21. The second-order valence-corrected chi connectivity index (χ2v) is 9.04. The Labute approximate surface area is 191 Å². The Morgan fingerprint density at radius 1 is 1.00 bits per heavy atom. The summed E-state index contributed by atoms with van der Waals surface area (Å²) in [6, 6.07) is 15.2. The second kappa shape index (κ2) is 8.51. The molecule has 8 heteroatoms. The van der Waals surface area contributed by atoms with Gasteiger partial charge in [-0.15, -0.1) is 0 Å². The average Bonchev–Trinajstić information content (AvgIpc) is 3.38. The molecule has 0 unspecified atom stereocenters. The van der Waals surface area contributed by atoms with Crippen LogP contribution in [-0.2, 0) is 14.3 Å². The van der Waals surface area contributed by atoms with E-state index in [9.17, 15) is 24.6 Å². The number of aliphatic carboxylic acids is 1. The van der Waals surface area contributed by atoms with Crippen LogP contribution in [0.2, 0.25) is 0 Å². The summed E-state index contributed by atoms with van der Waals surface area (Å²) in [7, 11) is 0. The van der Waals surface area contributed by atoms with Gasteiger partial charge in [0.15, 0.2) is 0 Å². The molecule has 4 atom stereocenters. The van der Waals surface area contributed by atoms with Crippen molar-refractivity contribution in [2.24, 2.45) is 11.8 Å². The number of aliphatic hydroxyl groups is 1. The maximum atomic E-state index is 12.7. The number of amides is 2. The zero-order chi connectivity index (χ0) is 23.1. The highest BCUT2D eigenvalue weighted by Crippen LogP contribution is 2.44. The molecule has 0 bridgehead atoms. The number of nitrogens with one attached hydrogen (secondary N) is 1. The number of aliphatic hydroxyl groups excluding tert-OH is 1. The highest BCUT2D eigenvalue weighted by atomic mass is 16.5. The van der Waals surface area contributed by atoms with E-state index in [1.165, 1.54) is 4.90 Å². The maximum absolute atomic E-state index is 12.7. The van der Waals surface area contributed by atoms with Crippen LogP contribution in [0.5, 0.6) is 0 Å². The number of carboxylic acid groups (broad SMARTS) is 1. The molecule has 5 rings (SSSR count). The van der Waals surface area contributed by atoms with Gasteiger partial charge in [0.05, 0.1) is 6.10 Å². The van der Waals surface area contributed by atoms with Crippen LogP contribution in [-0.4, -0.2) is 64.9 Å². The van der Waals surface area contributed by atoms with Gasteiger partial charge in [-0.2, -0.15) is 0 Å². The molecule has 1 aliphatic heterocycles. The number of β-amino-alcohol motifs (C(OH)–C–C–N with tert-alkyl or cyclic N) is 1. The van der Waals surface area contributed by atoms with E-state index in [1.54, 1.807) is 0 Å². The van der Waals surface area contributed by atoms with Gasteiger partial charge in [-0.3, -0.25) is 4.79 Å². The third-order valence-corrected chi connectivity index (χ3v) is 6.94. The van der Waals surface area contributed by atoms with E-state index in [0.29, 0.717) is 13.0 Å². The molecule has 2 fully saturated rings. The topological polar surface area (TPSA) is 116 Å². The van der Waals surface area contributed by atoms with Crippen LogP contribution >= 0.6 is 0 Å². The van der Waals surface area contributed by atoms with E-state index < -0.39 is 24.2 Å². The molecule has 0 radical (unpaired) electrons. The molecular formula is C25H26N2O6. The molecule has 1 saturated heterocycles. The summed E-state index contributed by atoms with van der Waals surface area (Å²) in [5.74, 6) is -1.77. The largest absolute Gasteiger partial charge is 0.480 e. The Balaban J connectivity index is 1.12. The Bertz CT molecular complexity index is 1060. The van der Waals surface area contributed by atoms with Crippen LogP contribution in [0, 0.1) is 11.8 Å². The Kier molecular flexibility index (Phi) is 5.54. The fourth-order valence-corrected chi connectivity index (χ4v) is 5.14. The third kappa shape index (κ3) is 4.06. The Morgan fingerprint density at radius 2 is 1.64 bits per heavy atom. The number of ether oxygens (including phenoxy) is 1. The summed E-state index contributed by atoms with van der Waals surface area (Å²) in [5, 5.41) is 21.8. The number of carbonyl (C=O) groups excluding carboxylic acids is 2. The molecule has 1 heterocycles. The van der Waals surface area contributed by atoms with Gasteiger partial charge in [-0.1, -0.05) is 48.5 Å². The number of fused-ring (bicyclic) bond motifs is 3. The van der Waals surface area contributed by atoms with Crippen LogP contribution in [0.4, 0.5) is 4.79 Å². The lowest BCUT2D eigenvalue weighted by molar-refractivity contribution is -0.148. The Morgan fingerprint density at radius 3 is 2.27 bits per heavy atom. The van der Waals surface area contributed by atoms with Crippen LogP contribution in [0.15, 0.2) is 48.5 Å². The molecule has 2 aromatic rings. The molecule has 3 N–H and O–H groups in total. The fraction of sp³-hybridized carbons (Fsp3) is 0.400. The first kappa shape index (κ1) is 21.5. The van der Waals surface area contributed by atoms with Crippen LogP contribution in [0.1, 0.15) is 29.9 Å². The first-order valence-electron chi connectivity index (χ1n) is 11.2. The molecular weight excluding hydrogens is 424 g/mol. The molecule has 3 aliphatic rings. The van der Waals surface area contributed by atoms with E-state index in [0.717, 1.165) is 22.3 Å². The van der Waals surface area contributed by atoms with Crippen molar-refractivity contribution in [3.05, 3.63) is 59.7 Å². The first-order chi connectivity index (χ1) is 15.9. The van der Waals surface area contributed by atoms with Crippen molar-refractivity contribution in [1.29, 1.82) is 0 Å². The lowest BCUT2D eigenvalue weighted by Gasteiger charge is -2.21. The van der Waals surface area contributed by atoms with Gasteiger partial charge < -0.3 is 25.2 Å². The summed E-state index contributed by atoms with van der Waals surface area (Å²) in [5.41, 5.74) is 4.60. The van der Waals surface area contributed by atoms with E-state index in [-0.39, 0.29) is 43.2 Å². The predicted octanol–water partition coefficient (Wildman–Crippen LogP) is 2.21. The first-order valence-corrected chi connectivity index (χ1v) is 11.2. The number of carbonyl (C=O) groups is 3. The average molecular weight is 450 g/mol. The summed E-state index contributed by atoms with van der Waals surface area (Å²) in [4.78, 5) is 37.6. The summed E-state index contributed by atoms with van der Waals surface area (Å²) >= 11 is 0. The number of hydrogen-bond acceptors (Lipinski definition) is 5.